The smallest absolute Gasteiger partial charge is 0.230 e. The summed E-state index contributed by atoms with van der Waals surface area (Å²) in [5.74, 6) is -0.502. The van der Waals surface area contributed by atoms with Crippen LogP contribution in [0.15, 0.2) is 29.4 Å². The van der Waals surface area contributed by atoms with Gasteiger partial charge in [0.05, 0.1) is 10.8 Å². The molecule has 0 aliphatic heterocycles. The molecule has 7 heteroatoms. The number of aromatic amines is 1. The lowest BCUT2D eigenvalue weighted by molar-refractivity contribution is -0.117. The highest BCUT2D eigenvalue weighted by Gasteiger charge is 2.15. The van der Waals surface area contributed by atoms with Crippen molar-refractivity contribution in [2.75, 3.05) is 0 Å². The van der Waals surface area contributed by atoms with E-state index in [4.69, 9.17) is 5.73 Å². The van der Waals surface area contributed by atoms with E-state index in [1.807, 2.05) is 0 Å². The monoisotopic (exact) mass is 266 g/mol. The Hall–Kier alpha value is -1.89. The van der Waals surface area contributed by atoms with E-state index in [2.05, 4.69) is 15.2 Å². The van der Waals surface area contributed by atoms with E-state index in [9.17, 15) is 9.18 Å². The van der Waals surface area contributed by atoms with Crippen LogP contribution in [-0.4, -0.2) is 26.3 Å². The molecule has 5 nitrogen and oxygen atoms in total. The molecule has 0 fully saturated rings. The second-order valence-electron chi connectivity index (χ2n) is 3.61. The van der Waals surface area contributed by atoms with E-state index < -0.39 is 11.2 Å². The molecule has 0 radical (unpaired) electrons. The first-order valence-electron chi connectivity index (χ1n) is 5.21. The van der Waals surface area contributed by atoms with Crippen molar-refractivity contribution in [1.82, 2.24) is 15.2 Å². The van der Waals surface area contributed by atoms with Crippen LogP contribution in [0.25, 0.3) is 11.4 Å². The number of carbonyl (C=O) groups excluding carboxylic acids is 1. The van der Waals surface area contributed by atoms with Crippen LogP contribution in [-0.2, 0) is 4.79 Å². The Morgan fingerprint density at radius 3 is 2.89 bits per heavy atom. The summed E-state index contributed by atoms with van der Waals surface area (Å²) in [6.45, 7) is 1.66. The number of nitrogens with two attached hydrogens (primary N) is 1. The Kier molecular flexibility index (Phi) is 3.61. The Morgan fingerprint density at radius 1 is 1.50 bits per heavy atom. The van der Waals surface area contributed by atoms with Gasteiger partial charge in [-0.15, -0.1) is 5.10 Å². The van der Waals surface area contributed by atoms with Gasteiger partial charge in [-0.3, -0.25) is 9.89 Å². The molecule has 1 aromatic carbocycles. The molecule has 3 N–H and O–H groups in total. The van der Waals surface area contributed by atoms with E-state index >= 15 is 0 Å². The van der Waals surface area contributed by atoms with Gasteiger partial charge in [0.25, 0.3) is 0 Å². The molecule has 0 aliphatic carbocycles. The number of hydrogen-bond donors (Lipinski definition) is 2. The van der Waals surface area contributed by atoms with Gasteiger partial charge < -0.3 is 5.73 Å². The summed E-state index contributed by atoms with van der Waals surface area (Å²) in [4.78, 5) is 15.0. The van der Waals surface area contributed by atoms with E-state index in [1.54, 1.807) is 25.1 Å². The summed E-state index contributed by atoms with van der Waals surface area (Å²) in [5.41, 5.74) is 5.48. The Balaban J connectivity index is 2.21. The zero-order valence-corrected chi connectivity index (χ0v) is 10.4. The second-order valence-corrected chi connectivity index (χ2v) is 4.92. The molecule has 94 valence electrons. The van der Waals surface area contributed by atoms with Crippen LogP contribution in [0.3, 0.4) is 0 Å². The number of hydrogen-bond acceptors (Lipinski definition) is 4. The van der Waals surface area contributed by atoms with Gasteiger partial charge in [0.1, 0.15) is 5.82 Å². The molecule has 2 aromatic rings. The molecule has 0 unspecified atom stereocenters. The maximum Gasteiger partial charge on any atom is 0.230 e. The predicted molar refractivity (Wildman–Crippen MR) is 66.3 cm³/mol. The number of primary amides is 1. The number of thioether (sulfide) groups is 1. The maximum absolute atomic E-state index is 13.5. The fourth-order valence-corrected chi connectivity index (χ4v) is 1.96. The summed E-state index contributed by atoms with van der Waals surface area (Å²) in [6.07, 6.45) is 0. The summed E-state index contributed by atoms with van der Waals surface area (Å²) in [6, 6.07) is 6.25. The molecular formula is C11H11FN4OS. The minimum Gasteiger partial charge on any atom is -0.369 e. The number of H-pyrrole nitrogens is 1. The Morgan fingerprint density at radius 2 is 2.22 bits per heavy atom. The van der Waals surface area contributed by atoms with Crippen molar-refractivity contribution in [3.05, 3.63) is 30.1 Å². The summed E-state index contributed by atoms with van der Waals surface area (Å²) < 4.78 is 13.5. The van der Waals surface area contributed by atoms with Gasteiger partial charge in [0.2, 0.25) is 11.1 Å². The van der Waals surface area contributed by atoms with Crippen LogP contribution < -0.4 is 5.73 Å². The molecule has 0 spiro atoms. The lowest BCUT2D eigenvalue weighted by Gasteiger charge is -2.01. The highest BCUT2D eigenvalue weighted by Crippen LogP contribution is 2.23. The normalized spacial score (nSPS) is 12.3. The first-order valence-corrected chi connectivity index (χ1v) is 6.09. The molecule has 1 heterocycles. The Labute approximate surface area is 107 Å². The van der Waals surface area contributed by atoms with Gasteiger partial charge in [0, 0.05) is 0 Å². The van der Waals surface area contributed by atoms with Crippen molar-refractivity contribution in [3.8, 4) is 11.4 Å². The zero-order chi connectivity index (χ0) is 13.1. The maximum atomic E-state index is 13.5. The summed E-state index contributed by atoms with van der Waals surface area (Å²) in [5, 5.41) is 6.47. The van der Waals surface area contributed by atoms with E-state index in [-0.39, 0.29) is 5.82 Å². The average molecular weight is 266 g/mol. The molecule has 1 amide bonds. The van der Waals surface area contributed by atoms with Crippen molar-refractivity contribution < 1.29 is 9.18 Å². The van der Waals surface area contributed by atoms with Crippen molar-refractivity contribution >= 4 is 17.7 Å². The third-order valence-corrected chi connectivity index (χ3v) is 3.26. The number of halogens is 1. The quantitative estimate of drug-likeness (QED) is 0.823. The number of benzene rings is 1. The van der Waals surface area contributed by atoms with Crippen molar-refractivity contribution in [2.24, 2.45) is 5.73 Å². The number of aromatic nitrogens is 3. The number of amides is 1. The zero-order valence-electron chi connectivity index (χ0n) is 9.55. The number of nitrogens with one attached hydrogen (secondary N) is 1. The number of nitrogens with zero attached hydrogens (tertiary/aromatic N) is 2. The van der Waals surface area contributed by atoms with Gasteiger partial charge in [-0.2, -0.15) is 0 Å². The first kappa shape index (κ1) is 12.6. The highest BCUT2D eigenvalue weighted by atomic mass is 32.2. The van der Waals surface area contributed by atoms with Crippen LogP contribution in [0.2, 0.25) is 0 Å². The van der Waals surface area contributed by atoms with Crippen LogP contribution in [0.5, 0.6) is 0 Å². The molecule has 0 saturated heterocycles. The molecule has 1 aromatic heterocycles. The van der Waals surface area contributed by atoms with Crippen LogP contribution in [0.1, 0.15) is 6.92 Å². The predicted octanol–water partition coefficient (Wildman–Crippen LogP) is 1.58. The van der Waals surface area contributed by atoms with Crippen LogP contribution in [0, 0.1) is 5.82 Å². The first-order chi connectivity index (χ1) is 8.58. The molecule has 0 bridgehead atoms. The Bertz CT molecular complexity index is 572. The molecule has 18 heavy (non-hydrogen) atoms. The van der Waals surface area contributed by atoms with E-state index in [0.29, 0.717) is 16.5 Å². The molecule has 0 aliphatic rings. The second kappa shape index (κ2) is 5.18. The lowest BCUT2D eigenvalue weighted by atomic mass is 10.2. The average Bonchev–Trinajstić information content (AvgIpc) is 2.77. The topological polar surface area (TPSA) is 84.7 Å². The largest absolute Gasteiger partial charge is 0.369 e. The molecular weight excluding hydrogens is 255 g/mol. The molecule has 0 saturated carbocycles. The SMILES string of the molecule is C[C@@H](Sc1n[nH]c(-c2ccccc2F)n1)C(N)=O. The van der Waals surface area contributed by atoms with Crippen molar-refractivity contribution in [1.29, 1.82) is 0 Å². The third kappa shape index (κ3) is 2.67. The van der Waals surface area contributed by atoms with E-state index in [0.717, 1.165) is 11.8 Å². The van der Waals surface area contributed by atoms with Crippen LogP contribution in [0.4, 0.5) is 4.39 Å². The van der Waals surface area contributed by atoms with Crippen LogP contribution >= 0.6 is 11.8 Å². The van der Waals surface area contributed by atoms with Crippen molar-refractivity contribution in [3.63, 3.8) is 0 Å². The van der Waals surface area contributed by atoms with Crippen molar-refractivity contribution in [2.45, 2.75) is 17.3 Å². The van der Waals surface area contributed by atoms with Gasteiger partial charge in [-0.1, -0.05) is 23.9 Å². The highest BCUT2D eigenvalue weighted by molar-refractivity contribution is 8.00. The fourth-order valence-electron chi connectivity index (χ4n) is 1.29. The summed E-state index contributed by atoms with van der Waals surface area (Å²) >= 11 is 1.12. The lowest BCUT2D eigenvalue weighted by Crippen LogP contribution is -2.22. The number of rotatable bonds is 4. The third-order valence-electron chi connectivity index (χ3n) is 2.28. The van der Waals surface area contributed by atoms with E-state index in [1.165, 1.54) is 6.07 Å². The minimum absolute atomic E-state index is 0.326. The minimum atomic E-state index is -0.447. The van der Waals surface area contributed by atoms with Gasteiger partial charge in [-0.05, 0) is 19.1 Å². The van der Waals surface area contributed by atoms with Gasteiger partial charge in [0.15, 0.2) is 5.82 Å². The molecule has 2 rings (SSSR count). The number of carbonyl (C=O) groups is 1. The standard InChI is InChI=1S/C11H11FN4OS/c1-6(9(13)17)18-11-14-10(15-16-11)7-4-2-3-5-8(7)12/h2-6H,1H3,(H2,13,17)(H,14,15,16)/t6-/m1/s1. The van der Waals surface area contributed by atoms with Gasteiger partial charge in [-0.25, -0.2) is 9.37 Å². The summed E-state index contributed by atoms with van der Waals surface area (Å²) in [7, 11) is 0. The van der Waals surface area contributed by atoms with Gasteiger partial charge >= 0.3 is 0 Å². The molecule has 1 atom stereocenters. The fraction of sp³-hybridized carbons (Fsp3) is 0.182.